The van der Waals surface area contributed by atoms with Crippen LogP contribution in [0.15, 0.2) is 42.5 Å². The first-order valence-electron chi connectivity index (χ1n) is 10.6. The van der Waals surface area contributed by atoms with Gasteiger partial charge < -0.3 is 15.0 Å². The third-order valence-electron chi connectivity index (χ3n) is 5.32. The van der Waals surface area contributed by atoms with E-state index in [1.54, 1.807) is 11.8 Å². The Morgan fingerprint density at radius 3 is 2.23 bits per heavy atom. The molecule has 2 atom stereocenters. The van der Waals surface area contributed by atoms with Crippen LogP contribution in [0.25, 0.3) is 0 Å². The van der Waals surface area contributed by atoms with Crippen molar-refractivity contribution in [1.82, 2.24) is 10.2 Å². The van der Waals surface area contributed by atoms with E-state index in [0.29, 0.717) is 12.3 Å². The van der Waals surface area contributed by atoms with Crippen LogP contribution in [0, 0.1) is 20.8 Å². The quantitative estimate of drug-likeness (QED) is 0.670. The first kappa shape index (κ1) is 23.5. The maximum atomic E-state index is 13.1. The number of hydrogen-bond donors (Lipinski definition) is 1. The molecule has 0 unspecified atom stereocenters. The summed E-state index contributed by atoms with van der Waals surface area (Å²) >= 11 is 0. The van der Waals surface area contributed by atoms with Crippen LogP contribution in [0.3, 0.4) is 0 Å². The Hall–Kier alpha value is -2.82. The van der Waals surface area contributed by atoms with E-state index >= 15 is 0 Å². The molecule has 0 spiro atoms. The molecule has 0 saturated carbocycles. The average Bonchev–Trinajstić information content (AvgIpc) is 2.71. The Morgan fingerprint density at radius 1 is 1.00 bits per heavy atom. The topological polar surface area (TPSA) is 58.6 Å². The highest BCUT2D eigenvalue weighted by atomic mass is 16.5. The Kier molecular flexibility index (Phi) is 8.46. The van der Waals surface area contributed by atoms with Gasteiger partial charge in [0, 0.05) is 12.6 Å². The van der Waals surface area contributed by atoms with Gasteiger partial charge in [-0.05, 0) is 58.2 Å². The van der Waals surface area contributed by atoms with Crippen LogP contribution in [-0.2, 0) is 16.1 Å². The van der Waals surface area contributed by atoms with Gasteiger partial charge in [-0.25, -0.2) is 0 Å². The Morgan fingerprint density at radius 2 is 1.63 bits per heavy atom. The highest BCUT2D eigenvalue weighted by Gasteiger charge is 2.27. The maximum absolute atomic E-state index is 13.1. The molecule has 2 aromatic carbocycles. The van der Waals surface area contributed by atoms with E-state index in [4.69, 9.17) is 4.74 Å². The molecule has 30 heavy (non-hydrogen) atoms. The number of carbonyl (C=O) groups excluding carboxylic acids is 2. The fourth-order valence-corrected chi connectivity index (χ4v) is 3.12. The van der Waals surface area contributed by atoms with Gasteiger partial charge in [0.2, 0.25) is 5.91 Å². The molecular weight excluding hydrogens is 376 g/mol. The zero-order valence-electron chi connectivity index (χ0n) is 19.0. The van der Waals surface area contributed by atoms with Crippen molar-refractivity contribution < 1.29 is 14.3 Å². The Balaban J connectivity index is 2.16. The second-order valence-corrected chi connectivity index (χ2v) is 8.06. The maximum Gasteiger partial charge on any atom is 0.261 e. The van der Waals surface area contributed by atoms with Crippen molar-refractivity contribution in [2.75, 3.05) is 6.61 Å². The van der Waals surface area contributed by atoms with Crippen molar-refractivity contribution in [3.05, 3.63) is 64.7 Å². The van der Waals surface area contributed by atoms with Crippen LogP contribution >= 0.6 is 0 Å². The van der Waals surface area contributed by atoms with Crippen molar-refractivity contribution in [3.63, 3.8) is 0 Å². The Labute approximate surface area is 180 Å². The third-order valence-corrected chi connectivity index (χ3v) is 5.32. The number of hydrogen-bond acceptors (Lipinski definition) is 3. The second kappa shape index (κ2) is 10.8. The van der Waals surface area contributed by atoms with Gasteiger partial charge in [-0.15, -0.1) is 0 Å². The van der Waals surface area contributed by atoms with E-state index in [1.807, 2.05) is 77.1 Å². The van der Waals surface area contributed by atoms with Gasteiger partial charge in [-0.2, -0.15) is 0 Å². The lowest BCUT2D eigenvalue weighted by atomic mass is 10.1. The number of amides is 2. The minimum Gasteiger partial charge on any atom is -0.483 e. The molecular formula is C25H34N2O3. The molecule has 2 amide bonds. The molecule has 0 bridgehead atoms. The van der Waals surface area contributed by atoms with Gasteiger partial charge in [0.25, 0.3) is 5.91 Å². The van der Waals surface area contributed by atoms with E-state index < -0.39 is 6.04 Å². The van der Waals surface area contributed by atoms with E-state index in [2.05, 4.69) is 5.32 Å². The summed E-state index contributed by atoms with van der Waals surface area (Å²) in [6.45, 7) is 12.0. The number of nitrogens with one attached hydrogen (secondary N) is 1. The predicted molar refractivity (Wildman–Crippen MR) is 120 cm³/mol. The molecule has 0 aromatic heterocycles. The molecule has 0 fully saturated rings. The number of nitrogens with zero attached hydrogens (tertiary/aromatic N) is 1. The summed E-state index contributed by atoms with van der Waals surface area (Å²) in [7, 11) is 0. The normalized spacial score (nSPS) is 12.7. The molecule has 5 heteroatoms. The second-order valence-electron chi connectivity index (χ2n) is 8.06. The summed E-state index contributed by atoms with van der Waals surface area (Å²) < 4.78 is 5.80. The minimum atomic E-state index is -0.601. The summed E-state index contributed by atoms with van der Waals surface area (Å²) in [6.07, 6.45) is 0.834. The number of carbonyl (C=O) groups is 2. The summed E-state index contributed by atoms with van der Waals surface area (Å²) in [5.74, 6) is 0.305. The molecule has 2 aromatic rings. The lowest BCUT2D eigenvalue weighted by Gasteiger charge is -2.29. The summed E-state index contributed by atoms with van der Waals surface area (Å²) in [5, 5.41) is 2.98. The standard InChI is InChI=1S/C25H34N2O3/c1-7-20(5)26-25(29)21(6)27(15-22-11-8-17(2)9-12-22)24(28)16-30-23-13-10-18(3)14-19(23)4/h8-14,20-21H,7,15-16H2,1-6H3,(H,26,29)/t20-,21+/m1/s1. The summed E-state index contributed by atoms with van der Waals surface area (Å²) in [6, 6.07) is 13.3. The smallest absolute Gasteiger partial charge is 0.261 e. The van der Waals surface area contributed by atoms with Gasteiger partial charge in [0.1, 0.15) is 11.8 Å². The van der Waals surface area contributed by atoms with Crippen molar-refractivity contribution in [2.24, 2.45) is 0 Å². The predicted octanol–water partition coefficient (Wildman–Crippen LogP) is 4.32. The highest BCUT2D eigenvalue weighted by molar-refractivity contribution is 5.88. The first-order chi connectivity index (χ1) is 14.2. The molecule has 2 rings (SSSR count). The van der Waals surface area contributed by atoms with Crippen LogP contribution in [0.1, 0.15) is 49.4 Å². The molecule has 0 saturated heterocycles. The number of ether oxygens (including phenoxy) is 1. The summed E-state index contributed by atoms with van der Waals surface area (Å²) in [5.41, 5.74) is 4.25. The summed E-state index contributed by atoms with van der Waals surface area (Å²) in [4.78, 5) is 27.4. The molecule has 0 aliphatic rings. The van der Waals surface area contributed by atoms with Crippen LogP contribution in [-0.4, -0.2) is 35.4 Å². The molecule has 0 aliphatic heterocycles. The first-order valence-corrected chi connectivity index (χ1v) is 10.6. The monoisotopic (exact) mass is 410 g/mol. The van der Waals surface area contributed by atoms with Crippen LogP contribution < -0.4 is 10.1 Å². The third kappa shape index (κ3) is 6.61. The van der Waals surface area contributed by atoms with Crippen molar-refractivity contribution in [2.45, 2.75) is 66.6 Å². The number of benzene rings is 2. The molecule has 0 radical (unpaired) electrons. The fourth-order valence-electron chi connectivity index (χ4n) is 3.12. The lowest BCUT2D eigenvalue weighted by Crippen LogP contribution is -2.50. The van der Waals surface area contributed by atoms with Crippen molar-refractivity contribution in [1.29, 1.82) is 0 Å². The SMILES string of the molecule is CC[C@@H](C)NC(=O)[C@H](C)N(Cc1ccc(C)cc1)C(=O)COc1ccc(C)cc1C. The minimum absolute atomic E-state index is 0.0581. The molecule has 0 aliphatic carbocycles. The van der Waals surface area contributed by atoms with Crippen molar-refractivity contribution in [3.8, 4) is 5.75 Å². The van der Waals surface area contributed by atoms with E-state index in [1.165, 1.54) is 0 Å². The largest absolute Gasteiger partial charge is 0.483 e. The zero-order chi connectivity index (χ0) is 22.3. The fraction of sp³-hybridized carbons (Fsp3) is 0.440. The van der Waals surface area contributed by atoms with Crippen LogP contribution in [0.5, 0.6) is 5.75 Å². The number of rotatable bonds is 9. The van der Waals surface area contributed by atoms with Gasteiger partial charge in [-0.1, -0.05) is 54.4 Å². The molecule has 1 N–H and O–H groups in total. The lowest BCUT2D eigenvalue weighted by molar-refractivity contribution is -0.142. The van der Waals surface area contributed by atoms with Gasteiger partial charge in [-0.3, -0.25) is 9.59 Å². The van der Waals surface area contributed by atoms with E-state index in [9.17, 15) is 9.59 Å². The van der Waals surface area contributed by atoms with Crippen molar-refractivity contribution >= 4 is 11.8 Å². The molecule has 0 heterocycles. The molecule has 162 valence electrons. The molecule has 5 nitrogen and oxygen atoms in total. The van der Waals surface area contributed by atoms with Gasteiger partial charge in [0.15, 0.2) is 6.61 Å². The highest BCUT2D eigenvalue weighted by Crippen LogP contribution is 2.19. The zero-order valence-corrected chi connectivity index (χ0v) is 19.0. The van der Waals surface area contributed by atoms with E-state index in [0.717, 1.165) is 28.7 Å². The van der Waals surface area contributed by atoms with E-state index in [-0.39, 0.29) is 24.5 Å². The van der Waals surface area contributed by atoms with Gasteiger partial charge >= 0.3 is 0 Å². The number of aryl methyl sites for hydroxylation is 3. The van der Waals surface area contributed by atoms with Gasteiger partial charge in [0.05, 0.1) is 0 Å². The Bertz CT molecular complexity index is 861. The average molecular weight is 411 g/mol. The van der Waals surface area contributed by atoms with Crippen LogP contribution in [0.2, 0.25) is 0 Å². The van der Waals surface area contributed by atoms with Crippen LogP contribution in [0.4, 0.5) is 0 Å².